The molecule has 11 heteroatoms. The van der Waals surface area contributed by atoms with Gasteiger partial charge in [0.15, 0.2) is 0 Å². The number of carboxylic acid groups (broad SMARTS) is 2. The van der Waals surface area contributed by atoms with E-state index >= 15 is 0 Å². The van der Waals surface area contributed by atoms with Crippen LogP contribution >= 0.6 is 0 Å². The summed E-state index contributed by atoms with van der Waals surface area (Å²) in [4.78, 5) is 17.9. The fraction of sp³-hybridized carbons (Fsp3) is 0. The molecule has 0 atom stereocenters. The summed E-state index contributed by atoms with van der Waals surface area (Å²) in [5.41, 5.74) is 0. The molecule has 0 bridgehead atoms. The number of carboxylic acids is 2. The third kappa shape index (κ3) is 74.9. The smallest absolute Gasteiger partial charge is 0.543 e. The van der Waals surface area contributed by atoms with Crippen molar-refractivity contribution in [1.82, 2.24) is 0 Å². The SMILES string of the molecule is O=C([O-])C(=O)[O-].O=S(=O)(O)O.[Li+].[Li+]. The van der Waals surface area contributed by atoms with Crippen molar-refractivity contribution in [3.8, 4) is 0 Å². The van der Waals surface area contributed by atoms with E-state index in [0.29, 0.717) is 0 Å². The van der Waals surface area contributed by atoms with Crippen LogP contribution in [0.1, 0.15) is 0 Å². The Hall–Kier alpha value is 0.00481. The van der Waals surface area contributed by atoms with E-state index in [9.17, 15) is 0 Å². The first-order valence-corrected chi connectivity index (χ1v) is 3.16. The van der Waals surface area contributed by atoms with Gasteiger partial charge in [-0.15, -0.1) is 0 Å². The van der Waals surface area contributed by atoms with E-state index in [1.54, 1.807) is 0 Å². The second-order valence-electron chi connectivity index (χ2n) is 1.02. The number of hydrogen-bond acceptors (Lipinski definition) is 6. The van der Waals surface area contributed by atoms with Gasteiger partial charge in [-0.1, -0.05) is 0 Å². The minimum Gasteiger partial charge on any atom is -0.543 e. The van der Waals surface area contributed by atoms with Crippen LogP contribution in [-0.2, 0) is 20.0 Å². The second kappa shape index (κ2) is 10.1. The van der Waals surface area contributed by atoms with E-state index in [-0.39, 0.29) is 37.7 Å². The van der Waals surface area contributed by atoms with Crippen LogP contribution in [0.3, 0.4) is 0 Å². The van der Waals surface area contributed by atoms with Gasteiger partial charge in [0.05, 0.1) is 11.9 Å². The zero-order chi connectivity index (χ0) is 9.65. The number of carbonyl (C=O) groups excluding carboxylic acids is 2. The van der Waals surface area contributed by atoms with Crippen LogP contribution in [0.5, 0.6) is 0 Å². The van der Waals surface area contributed by atoms with Crippen LogP contribution < -0.4 is 47.9 Å². The molecule has 0 aromatic rings. The minimum atomic E-state index is -4.67. The molecule has 0 fully saturated rings. The van der Waals surface area contributed by atoms with Gasteiger partial charge in [-0.05, 0) is 0 Å². The summed E-state index contributed by atoms with van der Waals surface area (Å²) in [6, 6.07) is 0. The van der Waals surface area contributed by atoms with E-state index in [2.05, 4.69) is 0 Å². The molecule has 0 heterocycles. The maximum absolute atomic E-state index is 8.93. The third-order valence-electron chi connectivity index (χ3n) is 0.167. The molecule has 0 amide bonds. The first-order chi connectivity index (χ1) is 4.64. The first kappa shape index (κ1) is 23.1. The fourth-order valence-electron chi connectivity index (χ4n) is 0. The molecule has 66 valence electrons. The van der Waals surface area contributed by atoms with E-state index < -0.39 is 22.3 Å². The Morgan fingerprint density at radius 3 is 1.00 bits per heavy atom. The van der Waals surface area contributed by atoms with Crippen LogP contribution in [0.15, 0.2) is 0 Å². The molecule has 0 aromatic heterocycles. The first-order valence-electron chi connectivity index (χ1n) is 1.76. The number of carbonyl (C=O) groups is 2. The molecule has 13 heavy (non-hydrogen) atoms. The molecular formula is C2H2Li2O8S. The normalized spacial score (nSPS) is 7.85. The topological polar surface area (TPSA) is 155 Å². The van der Waals surface area contributed by atoms with Gasteiger partial charge < -0.3 is 19.8 Å². The zero-order valence-electron chi connectivity index (χ0n) is 6.75. The predicted octanol–water partition coefficient (Wildman–Crippen LogP) is -10.2. The standard InChI is InChI=1S/C2H2O4.2Li.H2O4S/c3-1(4)2(5)6;;;1-5(2,3)4/h(H,3,4)(H,5,6);;;(H2,1,2,3,4)/q;2*+1;/p-2. The summed E-state index contributed by atoms with van der Waals surface area (Å²) in [5.74, 6) is -4.37. The molecule has 0 unspecified atom stereocenters. The largest absolute Gasteiger partial charge is 1.00 e. The summed E-state index contributed by atoms with van der Waals surface area (Å²) < 4.78 is 31.6. The summed E-state index contributed by atoms with van der Waals surface area (Å²) >= 11 is 0. The monoisotopic (exact) mass is 200 g/mol. The van der Waals surface area contributed by atoms with E-state index in [1.807, 2.05) is 0 Å². The number of aliphatic carboxylic acids is 2. The zero-order valence-corrected chi connectivity index (χ0v) is 7.57. The average molecular weight is 200 g/mol. The Labute approximate surface area is 97.2 Å². The summed E-state index contributed by atoms with van der Waals surface area (Å²) in [5, 5.41) is 17.9. The number of hydrogen-bond donors (Lipinski definition) is 2. The average Bonchev–Trinajstić information content (AvgIpc) is 1.59. The van der Waals surface area contributed by atoms with E-state index in [1.165, 1.54) is 0 Å². The number of rotatable bonds is 0. The fourth-order valence-corrected chi connectivity index (χ4v) is 0. The second-order valence-corrected chi connectivity index (χ2v) is 1.92. The molecule has 2 N–H and O–H groups in total. The summed E-state index contributed by atoms with van der Waals surface area (Å²) in [6.07, 6.45) is 0. The maximum Gasteiger partial charge on any atom is 1.00 e. The van der Waals surface area contributed by atoms with Crippen molar-refractivity contribution < 1.29 is 75.0 Å². The molecule has 8 nitrogen and oxygen atoms in total. The summed E-state index contributed by atoms with van der Waals surface area (Å²) in [6.45, 7) is 0. The van der Waals surface area contributed by atoms with Gasteiger partial charge in [-0.25, -0.2) is 0 Å². The Morgan fingerprint density at radius 1 is 0.923 bits per heavy atom. The van der Waals surface area contributed by atoms with Gasteiger partial charge in [0.1, 0.15) is 0 Å². The van der Waals surface area contributed by atoms with Crippen molar-refractivity contribution in [1.29, 1.82) is 0 Å². The van der Waals surface area contributed by atoms with Crippen LogP contribution in [0.25, 0.3) is 0 Å². The Bertz CT molecular complexity index is 223. The van der Waals surface area contributed by atoms with Crippen molar-refractivity contribution >= 4 is 22.3 Å². The van der Waals surface area contributed by atoms with Crippen molar-refractivity contribution in [2.75, 3.05) is 0 Å². The van der Waals surface area contributed by atoms with Crippen molar-refractivity contribution in [2.24, 2.45) is 0 Å². The molecule has 0 saturated carbocycles. The van der Waals surface area contributed by atoms with Crippen LogP contribution in [0.4, 0.5) is 0 Å². The Kier molecular flexibility index (Phi) is 17.9. The summed E-state index contributed by atoms with van der Waals surface area (Å²) in [7, 11) is -4.67. The quantitative estimate of drug-likeness (QED) is 0.222. The minimum absolute atomic E-state index is 0. The molecule has 0 aliphatic carbocycles. The van der Waals surface area contributed by atoms with Gasteiger partial charge in [-0.3, -0.25) is 9.11 Å². The van der Waals surface area contributed by atoms with Gasteiger partial charge >= 0.3 is 48.1 Å². The van der Waals surface area contributed by atoms with Gasteiger partial charge in [-0.2, -0.15) is 8.42 Å². The Morgan fingerprint density at radius 2 is 1.00 bits per heavy atom. The van der Waals surface area contributed by atoms with Gasteiger partial charge in [0.25, 0.3) is 0 Å². The van der Waals surface area contributed by atoms with Crippen molar-refractivity contribution in [3.05, 3.63) is 0 Å². The maximum atomic E-state index is 8.93. The van der Waals surface area contributed by atoms with E-state index in [0.717, 1.165) is 0 Å². The molecule has 0 saturated heterocycles. The van der Waals surface area contributed by atoms with Crippen molar-refractivity contribution in [3.63, 3.8) is 0 Å². The van der Waals surface area contributed by atoms with Crippen LogP contribution in [0, 0.1) is 0 Å². The van der Waals surface area contributed by atoms with E-state index in [4.69, 9.17) is 37.3 Å². The third-order valence-corrected chi connectivity index (χ3v) is 0.167. The molecule has 0 rings (SSSR count). The molecule has 0 spiro atoms. The molecule has 0 aliphatic rings. The predicted molar refractivity (Wildman–Crippen MR) is 24.2 cm³/mol. The Balaban J connectivity index is -0.0000000546. The molecular weight excluding hydrogens is 198 g/mol. The molecule has 0 aliphatic heterocycles. The van der Waals surface area contributed by atoms with Crippen LogP contribution in [-0.4, -0.2) is 29.5 Å². The van der Waals surface area contributed by atoms with Crippen molar-refractivity contribution in [2.45, 2.75) is 0 Å². The molecule has 0 radical (unpaired) electrons. The van der Waals surface area contributed by atoms with Crippen LogP contribution in [0.2, 0.25) is 0 Å². The van der Waals surface area contributed by atoms with Gasteiger partial charge in [0.2, 0.25) is 0 Å². The molecule has 0 aromatic carbocycles. The van der Waals surface area contributed by atoms with Gasteiger partial charge in [0, 0.05) is 0 Å².